The molecule has 4 aromatic rings. The molecule has 6 heteroatoms. The SMILES string of the molecule is O=C(/C=C(\O)F)c1ccccc1.[Dy].c1cnc2c(c1)ccc1cccnc12. The van der Waals surface area contributed by atoms with Crippen LogP contribution in [0.15, 0.2) is 91.2 Å². The zero-order valence-corrected chi connectivity index (χ0v) is 16.1. The number of rotatable bonds is 2. The quantitative estimate of drug-likeness (QED) is 0.179. The first-order chi connectivity index (χ1) is 12.6. The maximum atomic E-state index is 11.8. The Morgan fingerprint density at radius 1 is 0.815 bits per heavy atom. The number of fused-ring (bicyclic) bond motifs is 3. The van der Waals surface area contributed by atoms with E-state index in [-0.39, 0.29) is 38.2 Å². The Morgan fingerprint density at radius 2 is 1.33 bits per heavy atom. The summed E-state index contributed by atoms with van der Waals surface area (Å²) in [6.07, 6.45) is 4.14. The summed E-state index contributed by atoms with van der Waals surface area (Å²) in [5.74, 6) is -0.546. The van der Waals surface area contributed by atoms with E-state index in [0.717, 1.165) is 21.8 Å². The zero-order chi connectivity index (χ0) is 18.4. The Labute approximate surface area is 185 Å². The third-order valence-electron chi connectivity index (χ3n) is 3.65. The predicted molar refractivity (Wildman–Crippen MR) is 99.6 cm³/mol. The van der Waals surface area contributed by atoms with Gasteiger partial charge in [-0.1, -0.05) is 54.6 Å². The third-order valence-corrected chi connectivity index (χ3v) is 3.65. The van der Waals surface area contributed by atoms with Gasteiger partial charge in [0.1, 0.15) is 0 Å². The summed E-state index contributed by atoms with van der Waals surface area (Å²) in [4.78, 5) is 19.7. The van der Waals surface area contributed by atoms with Crippen LogP contribution in [0, 0.1) is 38.2 Å². The first-order valence-corrected chi connectivity index (χ1v) is 7.89. The molecular formula is C21H15DyFN2O2. The standard InChI is InChI=1S/C12H8N2.C9H7FO2.Dy/c1-3-9-5-6-10-4-2-8-14-12(10)11(9)13-7-1;10-9(12)6-8(11)7-4-2-1-3-5-7;/h1-8H;1-6,12H;/b;9-6-;. The van der Waals surface area contributed by atoms with Gasteiger partial charge in [0, 0.05) is 66.9 Å². The smallest absolute Gasteiger partial charge is 0.274 e. The molecule has 0 bridgehead atoms. The molecule has 138 valence electrons. The van der Waals surface area contributed by atoms with E-state index >= 15 is 0 Å². The summed E-state index contributed by atoms with van der Waals surface area (Å²) in [5.41, 5.74) is 2.30. The van der Waals surface area contributed by atoms with Crippen LogP contribution in [0.25, 0.3) is 21.8 Å². The van der Waals surface area contributed by atoms with Gasteiger partial charge in [-0.25, -0.2) is 0 Å². The molecule has 0 saturated carbocycles. The van der Waals surface area contributed by atoms with E-state index in [0.29, 0.717) is 11.6 Å². The minimum atomic E-state index is -1.47. The molecule has 0 aliphatic rings. The van der Waals surface area contributed by atoms with Crippen molar-refractivity contribution in [1.82, 2.24) is 9.97 Å². The second kappa shape index (κ2) is 10.1. The number of carbonyl (C=O) groups is 1. The summed E-state index contributed by atoms with van der Waals surface area (Å²) >= 11 is 0. The minimum absolute atomic E-state index is 0. The summed E-state index contributed by atoms with van der Waals surface area (Å²) < 4.78 is 11.8. The first kappa shape index (κ1) is 21.0. The van der Waals surface area contributed by atoms with Crippen LogP contribution in [0.3, 0.4) is 0 Å². The molecule has 2 aromatic carbocycles. The normalized spacial score (nSPS) is 10.6. The summed E-state index contributed by atoms with van der Waals surface area (Å²) in [5, 5.41) is 10.4. The van der Waals surface area contributed by atoms with Gasteiger partial charge in [-0.05, 0) is 12.1 Å². The topological polar surface area (TPSA) is 63.1 Å². The Bertz CT molecular complexity index is 1030. The van der Waals surface area contributed by atoms with Crippen molar-refractivity contribution in [2.75, 3.05) is 0 Å². The van der Waals surface area contributed by atoms with Crippen molar-refractivity contribution in [1.29, 1.82) is 0 Å². The van der Waals surface area contributed by atoms with Crippen LogP contribution in [0.5, 0.6) is 0 Å². The van der Waals surface area contributed by atoms with Crippen molar-refractivity contribution in [3.8, 4) is 0 Å². The molecule has 0 saturated heterocycles. The number of aliphatic hydroxyl groups is 1. The number of aromatic nitrogens is 2. The maximum absolute atomic E-state index is 11.8. The molecule has 27 heavy (non-hydrogen) atoms. The number of hydrogen-bond donors (Lipinski definition) is 1. The second-order valence-electron chi connectivity index (χ2n) is 5.41. The van der Waals surface area contributed by atoms with E-state index in [1.165, 1.54) is 0 Å². The molecule has 0 atom stereocenters. The van der Waals surface area contributed by atoms with Crippen molar-refractivity contribution in [2.24, 2.45) is 0 Å². The zero-order valence-electron chi connectivity index (χ0n) is 14.0. The number of allylic oxidation sites excluding steroid dienone is 1. The number of pyridine rings is 2. The fraction of sp³-hybridized carbons (Fsp3) is 0. The van der Waals surface area contributed by atoms with Crippen LogP contribution in [0.4, 0.5) is 4.39 Å². The van der Waals surface area contributed by atoms with Crippen LogP contribution < -0.4 is 0 Å². The predicted octanol–water partition coefficient (Wildman–Crippen LogP) is 5.02. The summed E-state index contributed by atoms with van der Waals surface area (Å²) in [6.45, 7) is 0. The van der Waals surface area contributed by atoms with Crippen molar-refractivity contribution >= 4 is 27.6 Å². The molecule has 0 unspecified atom stereocenters. The van der Waals surface area contributed by atoms with E-state index < -0.39 is 11.8 Å². The van der Waals surface area contributed by atoms with E-state index in [4.69, 9.17) is 5.11 Å². The van der Waals surface area contributed by atoms with Crippen LogP contribution in [0.1, 0.15) is 10.4 Å². The Hall–Kier alpha value is -2.33. The van der Waals surface area contributed by atoms with Crippen molar-refractivity contribution in [3.63, 3.8) is 0 Å². The average Bonchev–Trinajstić information content (AvgIpc) is 2.68. The third kappa shape index (κ3) is 5.57. The number of hydrogen-bond acceptors (Lipinski definition) is 4. The molecule has 0 aliphatic heterocycles. The van der Waals surface area contributed by atoms with Crippen molar-refractivity contribution in [2.45, 2.75) is 0 Å². The average molecular weight is 509 g/mol. The molecule has 4 nitrogen and oxygen atoms in total. The molecular weight excluding hydrogens is 494 g/mol. The molecule has 0 fully saturated rings. The molecule has 2 heterocycles. The van der Waals surface area contributed by atoms with E-state index in [1.54, 1.807) is 42.7 Å². The van der Waals surface area contributed by atoms with Gasteiger partial charge in [-0.2, -0.15) is 4.39 Å². The van der Waals surface area contributed by atoms with Gasteiger partial charge in [-0.3, -0.25) is 14.8 Å². The van der Waals surface area contributed by atoms with Gasteiger partial charge in [-0.15, -0.1) is 0 Å². The first-order valence-electron chi connectivity index (χ1n) is 7.89. The number of carbonyl (C=O) groups excluding carboxylic acids is 1. The molecule has 2 aromatic heterocycles. The van der Waals surface area contributed by atoms with Crippen LogP contribution in [-0.2, 0) is 0 Å². The fourth-order valence-corrected chi connectivity index (χ4v) is 2.47. The Morgan fingerprint density at radius 3 is 1.81 bits per heavy atom. The van der Waals surface area contributed by atoms with E-state index in [2.05, 4.69) is 34.2 Å². The summed E-state index contributed by atoms with van der Waals surface area (Å²) in [6, 6.07) is 18.8. The van der Waals surface area contributed by atoms with Crippen LogP contribution in [0.2, 0.25) is 0 Å². The number of nitrogens with zero attached hydrogens (tertiary/aromatic N) is 2. The fourth-order valence-electron chi connectivity index (χ4n) is 2.47. The number of ketones is 1. The number of aliphatic hydroxyl groups excluding tert-OH is 1. The minimum Gasteiger partial charge on any atom is -0.486 e. The molecule has 0 amide bonds. The molecule has 0 radical (unpaired) electrons. The van der Waals surface area contributed by atoms with Gasteiger partial charge in [0.25, 0.3) is 6.01 Å². The summed E-state index contributed by atoms with van der Waals surface area (Å²) in [7, 11) is 0. The van der Waals surface area contributed by atoms with Crippen molar-refractivity contribution in [3.05, 3.63) is 96.8 Å². The molecule has 0 spiro atoms. The molecule has 1 N–H and O–H groups in total. The van der Waals surface area contributed by atoms with Crippen LogP contribution >= 0.6 is 0 Å². The number of halogens is 1. The Balaban J connectivity index is 0.000000190. The van der Waals surface area contributed by atoms with Crippen molar-refractivity contribution < 1.29 is 52.5 Å². The van der Waals surface area contributed by atoms with Gasteiger partial charge in [0.15, 0.2) is 5.78 Å². The number of benzene rings is 2. The van der Waals surface area contributed by atoms with Gasteiger partial charge < -0.3 is 5.11 Å². The molecule has 0 aliphatic carbocycles. The van der Waals surface area contributed by atoms with Gasteiger partial charge in [0.05, 0.1) is 17.1 Å². The Kier molecular flexibility index (Phi) is 7.86. The maximum Gasteiger partial charge on any atom is 0.274 e. The monoisotopic (exact) mass is 510 g/mol. The van der Waals surface area contributed by atoms with Crippen LogP contribution in [-0.4, -0.2) is 20.9 Å². The van der Waals surface area contributed by atoms with Gasteiger partial charge in [0.2, 0.25) is 0 Å². The van der Waals surface area contributed by atoms with E-state index in [1.807, 2.05) is 12.1 Å². The molecule has 4 rings (SSSR count). The second-order valence-corrected chi connectivity index (χ2v) is 5.41. The van der Waals surface area contributed by atoms with Gasteiger partial charge >= 0.3 is 0 Å². The van der Waals surface area contributed by atoms with E-state index in [9.17, 15) is 9.18 Å². The largest absolute Gasteiger partial charge is 0.486 e.